The molecule has 53 heavy (non-hydrogen) atoms. The molecule has 9 nitrogen and oxygen atoms in total. The summed E-state index contributed by atoms with van der Waals surface area (Å²) in [6, 6.07) is 16.3. The molecule has 290 valence electrons. The van der Waals surface area contributed by atoms with E-state index in [2.05, 4.69) is 29.3 Å². The Morgan fingerprint density at radius 2 is 1.55 bits per heavy atom. The third-order valence-electron chi connectivity index (χ3n) is 8.75. The lowest BCUT2D eigenvalue weighted by Gasteiger charge is -2.34. The van der Waals surface area contributed by atoms with Gasteiger partial charge < -0.3 is 24.6 Å². The number of rotatable bonds is 24. The van der Waals surface area contributed by atoms with Gasteiger partial charge in [-0.1, -0.05) is 86.7 Å². The summed E-state index contributed by atoms with van der Waals surface area (Å²) < 4.78 is 16.2. The Morgan fingerprint density at radius 3 is 2.17 bits per heavy atom. The molecule has 2 rings (SSSR count). The Kier molecular flexibility index (Phi) is 20.3. The summed E-state index contributed by atoms with van der Waals surface area (Å²) in [6.07, 6.45) is 12.0. The first-order valence-electron chi connectivity index (χ1n) is 19.0. The number of aliphatic hydroxyl groups is 1. The van der Waals surface area contributed by atoms with Gasteiger partial charge in [-0.3, -0.25) is 9.59 Å². The van der Waals surface area contributed by atoms with E-state index in [9.17, 15) is 24.3 Å². The molecule has 9 heteroatoms. The molecule has 2 N–H and O–H groups in total. The molecule has 0 aliphatic carbocycles. The zero-order valence-electron chi connectivity index (χ0n) is 32.7. The second-order valence-electron chi connectivity index (χ2n) is 14.4. The van der Waals surface area contributed by atoms with Crippen molar-refractivity contribution in [2.24, 2.45) is 5.92 Å². The minimum absolute atomic E-state index is 0.0304. The summed E-state index contributed by atoms with van der Waals surface area (Å²) in [5.74, 6) is 2.92. The van der Waals surface area contributed by atoms with Crippen molar-refractivity contribution >= 4 is 23.6 Å². The van der Waals surface area contributed by atoms with Gasteiger partial charge in [0.1, 0.15) is 29.8 Å². The fourth-order valence-electron chi connectivity index (χ4n) is 5.93. The number of ketones is 1. The van der Waals surface area contributed by atoms with E-state index >= 15 is 0 Å². The number of nitrogens with one attached hydrogen (secondary N) is 1. The SMILES string of the molecule is CC#CCOc1ccc(C[C@H](NC(=O)[C@@H](/C=C/CCCCCCC(=O)CCCCc2ccccc2)[C@@](O)(CCC)C(=O)OC(C)(C)C)C(=O)OC)cc1. The van der Waals surface area contributed by atoms with Crippen LogP contribution in [0.25, 0.3) is 0 Å². The van der Waals surface area contributed by atoms with Gasteiger partial charge in [0, 0.05) is 19.3 Å². The molecule has 0 aromatic heterocycles. The maximum Gasteiger partial charge on any atom is 0.339 e. The number of hydrogen-bond donors (Lipinski definition) is 2. The first kappa shape index (κ1) is 44.7. The quantitative estimate of drug-likeness (QED) is 0.0488. The fourth-order valence-corrected chi connectivity index (χ4v) is 5.93. The first-order valence-corrected chi connectivity index (χ1v) is 19.0. The van der Waals surface area contributed by atoms with Crippen molar-refractivity contribution in [2.45, 2.75) is 135 Å². The molecule has 0 radical (unpaired) electrons. The molecule has 0 saturated heterocycles. The average Bonchev–Trinajstić information content (AvgIpc) is 3.12. The molecule has 2 aromatic rings. The van der Waals surface area contributed by atoms with Crippen molar-refractivity contribution in [3.63, 3.8) is 0 Å². The highest BCUT2D eigenvalue weighted by Gasteiger charge is 2.49. The second-order valence-corrected chi connectivity index (χ2v) is 14.4. The third-order valence-corrected chi connectivity index (χ3v) is 8.75. The highest BCUT2D eigenvalue weighted by Crippen LogP contribution is 2.30. The minimum atomic E-state index is -2.18. The molecule has 0 heterocycles. The minimum Gasteiger partial charge on any atom is -0.481 e. The van der Waals surface area contributed by atoms with Crippen LogP contribution in [0, 0.1) is 17.8 Å². The third kappa shape index (κ3) is 17.3. The molecule has 0 spiro atoms. The van der Waals surface area contributed by atoms with Gasteiger partial charge in [0.25, 0.3) is 0 Å². The van der Waals surface area contributed by atoms with Crippen LogP contribution >= 0.6 is 0 Å². The van der Waals surface area contributed by atoms with Crippen LogP contribution in [-0.4, -0.2) is 59.7 Å². The molecule has 2 aromatic carbocycles. The van der Waals surface area contributed by atoms with E-state index in [1.54, 1.807) is 64.1 Å². The van der Waals surface area contributed by atoms with Crippen LogP contribution in [0.4, 0.5) is 0 Å². The number of Topliss-reactive ketones (excluding diaryl/α,β-unsaturated/α-hetero) is 1. The Bertz CT molecular complexity index is 1500. The normalized spacial score (nSPS) is 13.6. The number of carbonyl (C=O) groups is 4. The molecule has 0 bridgehead atoms. The van der Waals surface area contributed by atoms with Crippen LogP contribution in [-0.2, 0) is 41.5 Å². The van der Waals surface area contributed by atoms with Crippen LogP contribution in [0.5, 0.6) is 5.75 Å². The van der Waals surface area contributed by atoms with E-state index in [4.69, 9.17) is 14.2 Å². The van der Waals surface area contributed by atoms with Crippen LogP contribution < -0.4 is 10.1 Å². The number of ether oxygens (including phenoxy) is 3. The molecule has 0 aliphatic heterocycles. The zero-order valence-corrected chi connectivity index (χ0v) is 32.7. The van der Waals surface area contributed by atoms with Gasteiger partial charge in [-0.05, 0) is 95.9 Å². The molecule has 0 unspecified atom stereocenters. The predicted octanol–water partition coefficient (Wildman–Crippen LogP) is 7.66. The van der Waals surface area contributed by atoms with Crippen LogP contribution in [0.2, 0.25) is 0 Å². The summed E-state index contributed by atoms with van der Waals surface area (Å²) in [6.45, 7) is 8.88. The maximum atomic E-state index is 14.0. The first-order chi connectivity index (χ1) is 25.3. The highest BCUT2D eigenvalue weighted by molar-refractivity contribution is 5.93. The van der Waals surface area contributed by atoms with E-state index < -0.39 is 41.0 Å². The molecule has 0 aliphatic rings. The molecule has 3 atom stereocenters. The van der Waals surface area contributed by atoms with Gasteiger partial charge >= 0.3 is 11.9 Å². The van der Waals surface area contributed by atoms with E-state index in [1.807, 2.05) is 25.1 Å². The summed E-state index contributed by atoms with van der Waals surface area (Å²) in [5, 5.41) is 14.6. The molecule has 0 saturated carbocycles. The lowest BCUT2D eigenvalue weighted by Crippen LogP contribution is -2.56. The number of benzene rings is 2. The Morgan fingerprint density at radius 1 is 0.887 bits per heavy atom. The summed E-state index contributed by atoms with van der Waals surface area (Å²) >= 11 is 0. The van der Waals surface area contributed by atoms with Gasteiger partial charge in [-0.2, -0.15) is 0 Å². The summed E-state index contributed by atoms with van der Waals surface area (Å²) in [7, 11) is 1.24. The van der Waals surface area contributed by atoms with Gasteiger partial charge in [-0.15, -0.1) is 5.92 Å². The Balaban J connectivity index is 2.05. The molecule has 0 fully saturated rings. The van der Waals surface area contributed by atoms with E-state index in [1.165, 1.54) is 12.7 Å². The Hall–Kier alpha value is -4.42. The van der Waals surface area contributed by atoms with Gasteiger partial charge in [0.15, 0.2) is 5.60 Å². The summed E-state index contributed by atoms with van der Waals surface area (Å²) in [4.78, 5) is 52.7. The van der Waals surface area contributed by atoms with Gasteiger partial charge in [-0.25, -0.2) is 9.59 Å². The van der Waals surface area contributed by atoms with Crippen LogP contribution in [0.3, 0.4) is 0 Å². The van der Waals surface area contributed by atoms with Crippen LogP contribution in [0.1, 0.15) is 116 Å². The average molecular weight is 732 g/mol. The van der Waals surface area contributed by atoms with Gasteiger partial charge in [0.05, 0.1) is 13.0 Å². The fraction of sp³-hybridized carbons (Fsp3) is 0.545. The lowest BCUT2D eigenvalue weighted by molar-refractivity contribution is -0.184. The maximum absolute atomic E-state index is 14.0. The Labute approximate surface area is 317 Å². The highest BCUT2D eigenvalue weighted by atomic mass is 16.6. The number of aryl methyl sites for hydroxylation is 1. The van der Waals surface area contributed by atoms with Crippen molar-refractivity contribution < 1.29 is 38.5 Å². The molecular weight excluding hydrogens is 670 g/mol. The van der Waals surface area contributed by atoms with E-state index in [0.717, 1.165) is 50.5 Å². The zero-order chi connectivity index (χ0) is 39.1. The standard InChI is InChI=1S/C44H61NO8/c1-7-9-32-52-37-29-27-35(28-30-37)33-39(41(48)51-6)45-40(47)38(44(50,31-8-2)42(49)53-43(3,4)5)26-18-13-11-10-12-17-24-36(46)25-20-19-23-34-21-15-14-16-22-34/h14-16,18,21-22,26-30,38-39,50H,8,10-13,17,19-20,23-25,31-33H2,1-6H3,(H,45,47)/b26-18+/t38-,39+,44+/m1/s1. The number of esters is 2. The largest absolute Gasteiger partial charge is 0.481 e. The van der Waals surface area contributed by atoms with Crippen LogP contribution in [0.15, 0.2) is 66.7 Å². The lowest BCUT2D eigenvalue weighted by atomic mass is 9.81. The van der Waals surface area contributed by atoms with Crippen molar-refractivity contribution in [3.8, 4) is 17.6 Å². The van der Waals surface area contributed by atoms with Crippen molar-refractivity contribution in [1.29, 1.82) is 0 Å². The smallest absolute Gasteiger partial charge is 0.339 e. The van der Waals surface area contributed by atoms with Crippen molar-refractivity contribution in [3.05, 3.63) is 77.9 Å². The number of allylic oxidation sites excluding steroid dienone is 1. The number of hydrogen-bond acceptors (Lipinski definition) is 8. The van der Waals surface area contributed by atoms with Gasteiger partial charge in [0.2, 0.25) is 5.91 Å². The predicted molar refractivity (Wildman–Crippen MR) is 208 cm³/mol. The van der Waals surface area contributed by atoms with Crippen molar-refractivity contribution in [1.82, 2.24) is 5.32 Å². The topological polar surface area (TPSA) is 128 Å². The number of amides is 1. The second kappa shape index (κ2) is 24.0. The number of methoxy groups -OCH3 is 1. The van der Waals surface area contributed by atoms with E-state index in [0.29, 0.717) is 37.2 Å². The monoisotopic (exact) mass is 731 g/mol. The molecular formula is C44H61NO8. The molecule has 1 amide bonds. The number of carbonyl (C=O) groups excluding carboxylic acids is 4. The summed E-state index contributed by atoms with van der Waals surface area (Å²) in [5.41, 5.74) is -1.04. The number of unbranched alkanes of at least 4 members (excludes halogenated alkanes) is 5. The van der Waals surface area contributed by atoms with E-state index in [-0.39, 0.29) is 19.4 Å². The van der Waals surface area contributed by atoms with Crippen molar-refractivity contribution in [2.75, 3.05) is 13.7 Å².